The second-order valence-corrected chi connectivity index (χ2v) is 16.3. The fourth-order valence-electron chi connectivity index (χ4n) is 5.88. The Morgan fingerprint density at radius 3 is 0.897 bits per heavy atom. The third-order valence-electron chi connectivity index (χ3n) is 7.48. The summed E-state index contributed by atoms with van der Waals surface area (Å²) in [6.45, 7) is 20.9. The minimum atomic E-state index is -2.47. The van der Waals surface area contributed by atoms with Crippen LogP contribution < -0.4 is 0 Å². The van der Waals surface area contributed by atoms with Gasteiger partial charge in [-0.25, -0.2) is 0 Å². The molecule has 0 aliphatic rings. The van der Waals surface area contributed by atoms with Crippen molar-refractivity contribution in [1.82, 2.24) is 0 Å². The molecule has 0 rings (SSSR count). The molecular weight excluding hydrogens is 371 g/mol. The molecular formula is C27H57OP. The van der Waals surface area contributed by atoms with Crippen molar-refractivity contribution in [3.05, 3.63) is 0 Å². The lowest BCUT2D eigenvalue weighted by atomic mass is 10.0. The summed E-state index contributed by atoms with van der Waals surface area (Å²) in [6, 6.07) is 0. The molecule has 0 fully saturated rings. The maximum Gasteiger partial charge on any atom is 0.104 e. The molecule has 0 radical (unpaired) electrons. The molecule has 0 aliphatic heterocycles. The summed E-state index contributed by atoms with van der Waals surface area (Å²) >= 11 is 0. The van der Waals surface area contributed by atoms with Crippen molar-refractivity contribution in [2.24, 2.45) is 0 Å². The molecule has 0 aromatic carbocycles. The van der Waals surface area contributed by atoms with Gasteiger partial charge in [0.15, 0.2) is 0 Å². The summed E-state index contributed by atoms with van der Waals surface area (Å²) in [5, 5.41) is -0.240. The molecule has 0 bridgehead atoms. The number of rotatable bonds is 18. The largest absolute Gasteiger partial charge is 0.322 e. The van der Waals surface area contributed by atoms with Gasteiger partial charge in [0, 0.05) is 15.5 Å². The quantitative estimate of drug-likeness (QED) is 0.157. The average molecular weight is 429 g/mol. The number of hydrogen-bond acceptors (Lipinski definition) is 1. The zero-order valence-electron chi connectivity index (χ0n) is 22.0. The van der Waals surface area contributed by atoms with E-state index in [4.69, 9.17) is 0 Å². The fourth-order valence-corrected chi connectivity index (χ4v) is 12.2. The minimum Gasteiger partial charge on any atom is -0.322 e. The standard InChI is InChI=1S/C27H57OP/c1-10-13-16-19-22-25(4,5)29(28,26(6,7)23-20-17-14-11-2)27(8,9)24-21-18-15-12-3/h10-24H2,1-9H3. The van der Waals surface area contributed by atoms with Crippen molar-refractivity contribution in [2.75, 3.05) is 0 Å². The lowest BCUT2D eigenvalue weighted by Gasteiger charge is -2.53. The predicted octanol–water partition coefficient (Wildman–Crippen LogP) is 10.6. The van der Waals surface area contributed by atoms with Gasteiger partial charge < -0.3 is 4.57 Å². The molecule has 0 aromatic heterocycles. The Kier molecular flexibility index (Phi) is 13.7. The van der Waals surface area contributed by atoms with Crippen molar-refractivity contribution >= 4 is 7.14 Å². The lowest BCUT2D eigenvalue weighted by Crippen LogP contribution is -2.43. The minimum absolute atomic E-state index is 0.0801. The van der Waals surface area contributed by atoms with Gasteiger partial charge in [-0.05, 0) is 19.3 Å². The van der Waals surface area contributed by atoms with Crippen molar-refractivity contribution in [3.8, 4) is 0 Å². The van der Waals surface area contributed by atoms with Crippen molar-refractivity contribution in [3.63, 3.8) is 0 Å². The highest BCUT2D eigenvalue weighted by atomic mass is 31.2. The molecule has 0 spiro atoms. The first-order valence-corrected chi connectivity index (χ1v) is 14.7. The van der Waals surface area contributed by atoms with Crippen molar-refractivity contribution < 1.29 is 4.57 Å². The van der Waals surface area contributed by atoms with E-state index in [9.17, 15) is 0 Å². The molecule has 0 saturated heterocycles. The lowest BCUT2D eigenvalue weighted by molar-refractivity contribution is 0.410. The number of unbranched alkanes of at least 4 members (excludes halogenated alkanes) is 9. The van der Waals surface area contributed by atoms with E-state index in [1.54, 1.807) is 0 Å². The third kappa shape index (κ3) is 8.35. The summed E-state index contributed by atoms with van der Waals surface area (Å²) in [4.78, 5) is 0. The SMILES string of the molecule is CCCCCCC(C)(C)P(=O)(C(C)(C)CCCCCC)C(C)(C)CCCCCC. The van der Waals surface area contributed by atoms with Crippen LogP contribution in [0.3, 0.4) is 0 Å². The van der Waals surface area contributed by atoms with E-state index in [1.165, 1.54) is 77.0 Å². The van der Waals surface area contributed by atoms with Crippen LogP contribution in [0.4, 0.5) is 0 Å². The molecule has 0 aliphatic carbocycles. The molecule has 0 aromatic rings. The maximum atomic E-state index is 15.3. The molecule has 0 unspecified atom stereocenters. The predicted molar refractivity (Wildman–Crippen MR) is 136 cm³/mol. The van der Waals surface area contributed by atoms with Gasteiger partial charge in [-0.3, -0.25) is 0 Å². The highest BCUT2D eigenvalue weighted by Gasteiger charge is 2.57. The molecule has 0 N–H and O–H groups in total. The summed E-state index contributed by atoms with van der Waals surface area (Å²) < 4.78 is 15.3. The Morgan fingerprint density at radius 2 is 0.690 bits per heavy atom. The molecule has 2 heteroatoms. The molecule has 0 saturated carbocycles. The fraction of sp³-hybridized carbons (Fsp3) is 1.00. The van der Waals surface area contributed by atoms with E-state index in [0.29, 0.717) is 0 Å². The summed E-state index contributed by atoms with van der Waals surface area (Å²) in [5.41, 5.74) is 0. The van der Waals surface area contributed by atoms with E-state index in [0.717, 1.165) is 19.3 Å². The zero-order valence-corrected chi connectivity index (χ0v) is 22.9. The van der Waals surface area contributed by atoms with Crippen molar-refractivity contribution in [1.29, 1.82) is 0 Å². The van der Waals surface area contributed by atoms with Crippen LogP contribution in [-0.2, 0) is 4.57 Å². The van der Waals surface area contributed by atoms with Crippen LogP contribution in [-0.4, -0.2) is 15.5 Å². The molecule has 1 nitrogen and oxygen atoms in total. The Balaban J connectivity index is 5.67. The van der Waals surface area contributed by atoms with Gasteiger partial charge in [0.05, 0.1) is 0 Å². The van der Waals surface area contributed by atoms with Crippen molar-refractivity contribution in [2.45, 2.75) is 174 Å². The normalized spacial score (nSPS) is 13.8. The average Bonchev–Trinajstić information content (AvgIpc) is 2.65. The smallest absolute Gasteiger partial charge is 0.104 e. The molecule has 0 atom stereocenters. The molecule has 29 heavy (non-hydrogen) atoms. The summed E-state index contributed by atoms with van der Waals surface area (Å²) in [6.07, 6.45) is 18.6. The topological polar surface area (TPSA) is 17.1 Å². The van der Waals surface area contributed by atoms with Gasteiger partial charge in [0.25, 0.3) is 0 Å². The second kappa shape index (κ2) is 13.6. The van der Waals surface area contributed by atoms with Crippen LogP contribution in [0.5, 0.6) is 0 Å². The zero-order chi connectivity index (χ0) is 22.6. The molecule has 176 valence electrons. The Bertz CT molecular complexity index is 395. The Morgan fingerprint density at radius 1 is 0.448 bits per heavy atom. The van der Waals surface area contributed by atoms with E-state index in [2.05, 4.69) is 62.3 Å². The summed E-state index contributed by atoms with van der Waals surface area (Å²) in [7, 11) is -2.47. The highest BCUT2D eigenvalue weighted by molar-refractivity contribution is 7.68. The highest BCUT2D eigenvalue weighted by Crippen LogP contribution is 2.77. The van der Waals surface area contributed by atoms with Crippen LogP contribution in [0.2, 0.25) is 0 Å². The first kappa shape index (κ1) is 29.2. The van der Waals surface area contributed by atoms with Crippen LogP contribution in [0.1, 0.15) is 159 Å². The van der Waals surface area contributed by atoms with Gasteiger partial charge in [-0.15, -0.1) is 0 Å². The summed E-state index contributed by atoms with van der Waals surface area (Å²) in [5.74, 6) is 0. The Hall–Kier alpha value is 0.230. The van der Waals surface area contributed by atoms with Gasteiger partial charge in [-0.2, -0.15) is 0 Å². The van der Waals surface area contributed by atoms with E-state index in [1.807, 2.05) is 0 Å². The Labute approximate surface area is 186 Å². The van der Waals surface area contributed by atoms with Crippen LogP contribution >= 0.6 is 7.14 Å². The van der Waals surface area contributed by atoms with Gasteiger partial charge in [0.2, 0.25) is 0 Å². The van der Waals surface area contributed by atoms with Gasteiger partial charge >= 0.3 is 0 Å². The molecule has 0 amide bonds. The second-order valence-electron chi connectivity index (χ2n) is 11.5. The molecule has 0 heterocycles. The van der Waals surface area contributed by atoms with Gasteiger partial charge in [-0.1, -0.05) is 139 Å². The van der Waals surface area contributed by atoms with Crippen LogP contribution in [0.25, 0.3) is 0 Å². The monoisotopic (exact) mass is 428 g/mol. The van der Waals surface area contributed by atoms with Gasteiger partial charge in [0.1, 0.15) is 7.14 Å². The van der Waals surface area contributed by atoms with Crippen LogP contribution in [0, 0.1) is 0 Å². The first-order valence-electron chi connectivity index (χ1n) is 13.0. The maximum absolute atomic E-state index is 15.3. The number of hydrogen-bond donors (Lipinski definition) is 0. The van der Waals surface area contributed by atoms with E-state index < -0.39 is 7.14 Å². The van der Waals surface area contributed by atoms with Crippen LogP contribution in [0.15, 0.2) is 0 Å². The van der Waals surface area contributed by atoms with E-state index in [-0.39, 0.29) is 15.5 Å². The first-order chi connectivity index (χ1) is 13.4. The van der Waals surface area contributed by atoms with E-state index >= 15 is 4.57 Å². The third-order valence-corrected chi connectivity index (χ3v) is 13.3.